The van der Waals surface area contributed by atoms with Crippen LogP contribution in [0.2, 0.25) is 0 Å². The highest BCUT2D eigenvalue weighted by atomic mass is 32.2. The normalized spacial score (nSPS) is 10.1. The minimum Gasteiger partial charge on any atom is -0.399 e. The third-order valence-electron chi connectivity index (χ3n) is 2.05. The summed E-state index contributed by atoms with van der Waals surface area (Å²) in [6.45, 7) is 2.00. The van der Waals surface area contributed by atoms with Crippen LogP contribution in [0.5, 0.6) is 0 Å². The van der Waals surface area contributed by atoms with E-state index in [2.05, 4.69) is 0 Å². The zero-order chi connectivity index (χ0) is 11.4. The number of amides is 1. The third-order valence-corrected chi connectivity index (χ3v) is 3.21. The van der Waals surface area contributed by atoms with Gasteiger partial charge in [0.2, 0.25) is 5.91 Å². The van der Waals surface area contributed by atoms with Gasteiger partial charge in [-0.25, -0.2) is 0 Å². The van der Waals surface area contributed by atoms with Crippen LogP contribution in [0.15, 0.2) is 23.1 Å². The molecule has 0 radical (unpaired) electrons. The summed E-state index contributed by atoms with van der Waals surface area (Å²) in [5.41, 5.74) is 7.52. The number of nitrogens with two attached hydrogens (primary N) is 1. The van der Waals surface area contributed by atoms with E-state index in [1.807, 2.05) is 25.1 Å². The predicted molar refractivity (Wildman–Crippen MR) is 65.0 cm³/mol. The molecule has 3 nitrogen and oxygen atoms in total. The Morgan fingerprint density at radius 2 is 2.13 bits per heavy atom. The SMILES string of the molecule is Cc1cc(N)ccc1SCC(=O)N(C)C. The third kappa shape index (κ3) is 3.47. The van der Waals surface area contributed by atoms with Gasteiger partial charge in [0.25, 0.3) is 0 Å². The van der Waals surface area contributed by atoms with Gasteiger partial charge in [-0.1, -0.05) is 0 Å². The van der Waals surface area contributed by atoms with E-state index in [9.17, 15) is 4.79 Å². The van der Waals surface area contributed by atoms with Gasteiger partial charge in [0.15, 0.2) is 0 Å². The first kappa shape index (κ1) is 11.9. The van der Waals surface area contributed by atoms with Gasteiger partial charge in [0.05, 0.1) is 5.75 Å². The molecule has 1 aromatic carbocycles. The smallest absolute Gasteiger partial charge is 0.232 e. The van der Waals surface area contributed by atoms with E-state index in [0.717, 1.165) is 16.1 Å². The number of hydrogen-bond acceptors (Lipinski definition) is 3. The molecule has 82 valence electrons. The highest BCUT2D eigenvalue weighted by Gasteiger charge is 2.06. The number of thioether (sulfide) groups is 1. The Morgan fingerprint density at radius 1 is 1.47 bits per heavy atom. The van der Waals surface area contributed by atoms with Gasteiger partial charge in [0, 0.05) is 24.7 Å². The molecule has 0 spiro atoms. The van der Waals surface area contributed by atoms with Crippen molar-refractivity contribution in [3.05, 3.63) is 23.8 Å². The second-order valence-electron chi connectivity index (χ2n) is 3.60. The molecule has 4 heteroatoms. The van der Waals surface area contributed by atoms with Crippen LogP contribution in [-0.2, 0) is 4.79 Å². The van der Waals surface area contributed by atoms with Crippen molar-refractivity contribution in [1.82, 2.24) is 4.90 Å². The summed E-state index contributed by atoms with van der Waals surface area (Å²) in [4.78, 5) is 14.1. The number of aryl methyl sites for hydroxylation is 1. The average molecular weight is 224 g/mol. The van der Waals surface area contributed by atoms with Gasteiger partial charge >= 0.3 is 0 Å². The zero-order valence-corrected chi connectivity index (χ0v) is 10.1. The monoisotopic (exact) mass is 224 g/mol. The van der Waals surface area contributed by atoms with Crippen molar-refractivity contribution < 1.29 is 4.79 Å². The number of nitrogen functional groups attached to an aromatic ring is 1. The van der Waals surface area contributed by atoms with Crippen LogP contribution in [0, 0.1) is 6.92 Å². The fraction of sp³-hybridized carbons (Fsp3) is 0.364. The molecule has 0 fully saturated rings. The Labute approximate surface area is 94.6 Å². The van der Waals surface area contributed by atoms with Crippen molar-refractivity contribution in [2.75, 3.05) is 25.6 Å². The Kier molecular flexibility index (Phi) is 4.03. The quantitative estimate of drug-likeness (QED) is 0.628. The number of anilines is 1. The van der Waals surface area contributed by atoms with Crippen LogP contribution in [-0.4, -0.2) is 30.7 Å². The maximum atomic E-state index is 11.4. The number of benzene rings is 1. The topological polar surface area (TPSA) is 46.3 Å². The molecule has 0 aliphatic carbocycles. The van der Waals surface area contributed by atoms with Crippen molar-refractivity contribution in [3.8, 4) is 0 Å². The van der Waals surface area contributed by atoms with Crippen LogP contribution < -0.4 is 5.73 Å². The van der Waals surface area contributed by atoms with E-state index in [1.165, 1.54) is 0 Å². The van der Waals surface area contributed by atoms with Crippen molar-refractivity contribution >= 4 is 23.4 Å². The summed E-state index contributed by atoms with van der Waals surface area (Å²) < 4.78 is 0. The lowest BCUT2D eigenvalue weighted by Crippen LogP contribution is -2.23. The largest absolute Gasteiger partial charge is 0.399 e. The molecule has 15 heavy (non-hydrogen) atoms. The molecule has 0 heterocycles. The van der Waals surface area contributed by atoms with Crippen LogP contribution >= 0.6 is 11.8 Å². The van der Waals surface area contributed by atoms with Crippen molar-refractivity contribution in [2.45, 2.75) is 11.8 Å². The second kappa shape index (κ2) is 5.07. The molecule has 0 aliphatic heterocycles. The molecule has 2 N–H and O–H groups in total. The van der Waals surface area contributed by atoms with E-state index >= 15 is 0 Å². The fourth-order valence-corrected chi connectivity index (χ4v) is 2.09. The summed E-state index contributed by atoms with van der Waals surface area (Å²) in [6, 6.07) is 5.73. The minimum atomic E-state index is 0.122. The summed E-state index contributed by atoms with van der Waals surface area (Å²) >= 11 is 1.55. The molecule has 0 aliphatic rings. The van der Waals surface area contributed by atoms with Crippen LogP contribution in [0.3, 0.4) is 0 Å². The maximum absolute atomic E-state index is 11.4. The lowest BCUT2D eigenvalue weighted by Gasteiger charge is -2.10. The van der Waals surface area contributed by atoms with E-state index in [-0.39, 0.29) is 5.91 Å². The number of rotatable bonds is 3. The molecule has 0 bridgehead atoms. The van der Waals surface area contributed by atoms with E-state index in [1.54, 1.807) is 30.8 Å². The number of carbonyl (C=O) groups is 1. The molecule has 1 aromatic rings. The maximum Gasteiger partial charge on any atom is 0.232 e. The first-order valence-electron chi connectivity index (χ1n) is 4.70. The molecule has 0 aromatic heterocycles. The first-order chi connectivity index (χ1) is 7.00. The number of hydrogen-bond donors (Lipinski definition) is 1. The summed E-state index contributed by atoms with van der Waals surface area (Å²) in [5.74, 6) is 0.592. The molecular formula is C11H16N2OS. The lowest BCUT2D eigenvalue weighted by molar-refractivity contribution is -0.125. The molecule has 0 saturated heterocycles. The number of nitrogens with zero attached hydrogens (tertiary/aromatic N) is 1. The minimum absolute atomic E-state index is 0.122. The van der Waals surface area contributed by atoms with E-state index < -0.39 is 0 Å². The Bertz CT molecular complexity index is 364. The summed E-state index contributed by atoms with van der Waals surface area (Å²) in [7, 11) is 3.53. The standard InChI is InChI=1S/C11H16N2OS/c1-8-6-9(12)4-5-10(8)15-7-11(14)13(2)3/h4-6H,7,12H2,1-3H3. The Balaban J connectivity index is 2.62. The lowest BCUT2D eigenvalue weighted by atomic mass is 10.2. The van der Waals surface area contributed by atoms with Crippen molar-refractivity contribution in [3.63, 3.8) is 0 Å². The molecule has 1 rings (SSSR count). The van der Waals surface area contributed by atoms with Gasteiger partial charge in [-0.15, -0.1) is 11.8 Å². The average Bonchev–Trinajstić information content (AvgIpc) is 2.15. The van der Waals surface area contributed by atoms with Crippen molar-refractivity contribution in [1.29, 1.82) is 0 Å². The summed E-state index contributed by atoms with van der Waals surface area (Å²) in [6.07, 6.45) is 0. The second-order valence-corrected chi connectivity index (χ2v) is 4.62. The zero-order valence-electron chi connectivity index (χ0n) is 9.28. The number of carbonyl (C=O) groups excluding carboxylic acids is 1. The highest BCUT2D eigenvalue weighted by Crippen LogP contribution is 2.24. The predicted octanol–water partition coefficient (Wildman–Crippen LogP) is 1.76. The Hall–Kier alpha value is -1.16. The first-order valence-corrected chi connectivity index (χ1v) is 5.68. The molecule has 1 amide bonds. The van der Waals surface area contributed by atoms with E-state index in [0.29, 0.717) is 5.75 Å². The molecule has 0 atom stereocenters. The van der Waals surface area contributed by atoms with Gasteiger partial charge < -0.3 is 10.6 Å². The highest BCUT2D eigenvalue weighted by molar-refractivity contribution is 8.00. The van der Waals surface area contributed by atoms with Gasteiger partial charge in [-0.05, 0) is 30.7 Å². The van der Waals surface area contributed by atoms with Gasteiger partial charge in [-0.2, -0.15) is 0 Å². The van der Waals surface area contributed by atoms with Crippen molar-refractivity contribution in [2.24, 2.45) is 0 Å². The van der Waals surface area contributed by atoms with Crippen LogP contribution in [0.1, 0.15) is 5.56 Å². The van der Waals surface area contributed by atoms with Crippen LogP contribution in [0.25, 0.3) is 0 Å². The van der Waals surface area contributed by atoms with Gasteiger partial charge in [0.1, 0.15) is 0 Å². The van der Waals surface area contributed by atoms with Crippen LogP contribution in [0.4, 0.5) is 5.69 Å². The van der Waals surface area contributed by atoms with Gasteiger partial charge in [-0.3, -0.25) is 4.79 Å². The molecular weight excluding hydrogens is 208 g/mol. The Morgan fingerprint density at radius 3 is 2.67 bits per heavy atom. The molecule has 0 unspecified atom stereocenters. The molecule has 0 saturated carbocycles. The summed E-state index contributed by atoms with van der Waals surface area (Å²) in [5, 5.41) is 0. The fourth-order valence-electron chi connectivity index (χ4n) is 1.10. The van der Waals surface area contributed by atoms with E-state index in [4.69, 9.17) is 5.73 Å².